The zero-order chi connectivity index (χ0) is 37.1. The first-order chi connectivity index (χ1) is 23.5. The number of ketones is 1. The average Bonchev–Trinajstić information content (AvgIpc) is 3.02. The number of halogens is 5. The van der Waals surface area contributed by atoms with Gasteiger partial charge in [0.05, 0.1) is 35.0 Å². The van der Waals surface area contributed by atoms with Gasteiger partial charge in [-0.15, -0.1) is 11.8 Å². The number of rotatable bonds is 18. The summed E-state index contributed by atoms with van der Waals surface area (Å²) in [5.41, 5.74) is 0.311. The molecule has 3 aromatic rings. The number of benzene rings is 2. The molecule has 0 fully saturated rings. The fourth-order valence-corrected chi connectivity index (χ4v) is 6.10. The lowest BCUT2D eigenvalue weighted by Gasteiger charge is -2.26. The molecule has 1 aromatic heterocycles. The maximum atomic E-state index is 13.2. The van der Waals surface area contributed by atoms with Crippen molar-refractivity contribution in [2.75, 3.05) is 6.61 Å². The van der Waals surface area contributed by atoms with Crippen LogP contribution in [0.5, 0.6) is 17.4 Å². The number of unbranched alkanes of at least 4 members (excludes halogenated alkanes) is 2. The third-order valence-corrected chi connectivity index (χ3v) is 9.45. The number of alkyl halides is 5. The SMILES string of the molecule is CCCc1c(OCCCC/C=C\C=C\[C@H](Sc2ccc3c(=O)cc(OC(=O)O)oc3c2)[C@H](O)CCC(Cl)(Cl)C(F)(F)F)ccc(C(C)=O)c1O. The van der Waals surface area contributed by atoms with Gasteiger partial charge in [0, 0.05) is 10.5 Å². The number of thioether (sulfide) groups is 1. The molecular formula is C35H37Cl2F3O9S. The summed E-state index contributed by atoms with van der Waals surface area (Å²) < 4.78 is 52.3. The Balaban J connectivity index is 1.66. The number of ether oxygens (including phenoxy) is 2. The normalized spacial score (nSPS) is 13.6. The quantitative estimate of drug-likeness (QED) is 0.0287. The van der Waals surface area contributed by atoms with E-state index in [-0.39, 0.29) is 28.1 Å². The predicted molar refractivity (Wildman–Crippen MR) is 186 cm³/mol. The number of allylic oxidation sites excluding steroid dienone is 3. The molecule has 0 radical (unpaired) electrons. The molecule has 2 atom stereocenters. The van der Waals surface area contributed by atoms with Gasteiger partial charge in [-0.25, -0.2) is 4.79 Å². The predicted octanol–water partition coefficient (Wildman–Crippen LogP) is 9.41. The number of aliphatic hydroxyl groups excluding tert-OH is 1. The smallest absolute Gasteiger partial charge is 0.507 e. The highest BCUT2D eigenvalue weighted by Gasteiger charge is 2.52. The molecule has 15 heteroatoms. The summed E-state index contributed by atoms with van der Waals surface area (Å²) in [5.74, 6) is -0.284. The second-order valence-electron chi connectivity index (χ2n) is 11.2. The molecule has 50 heavy (non-hydrogen) atoms. The highest BCUT2D eigenvalue weighted by Crippen LogP contribution is 2.44. The molecular weight excluding hydrogens is 724 g/mol. The maximum Gasteiger partial charge on any atom is 0.513 e. The van der Waals surface area contributed by atoms with Crippen LogP contribution in [0.25, 0.3) is 11.0 Å². The number of carboxylic acid groups (broad SMARTS) is 1. The van der Waals surface area contributed by atoms with E-state index in [2.05, 4.69) is 4.74 Å². The minimum Gasteiger partial charge on any atom is -0.507 e. The average molecular weight is 762 g/mol. The number of aromatic hydroxyl groups is 1. The Morgan fingerprint density at radius 3 is 2.50 bits per heavy atom. The first-order valence-electron chi connectivity index (χ1n) is 15.6. The molecule has 0 saturated carbocycles. The van der Waals surface area contributed by atoms with Crippen molar-refractivity contribution in [1.82, 2.24) is 0 Å². The van der Waals surface area contributed by atoms with Gasteiger partial charge in [-0.1, -0.05) is 60.9 Å². The molecule has 3 N–H and O–H groups in total. The summed E-state index contributed by atoms with van der Waals surface area (Å²) in [4.78, 5) is 35.5. The number of fused-ring (bicyclic) bond motifs is 1. The van der Waals surface area contributed by atoms with Crippen molar-refractivity contribution in [1.29, 1.82) is 0 Å². The van der Waals surface area contributed by atoms with Crippen LogP contribution < -0.4 is 14.9 Å². The molecule has 272 valence electrons. The van der Waals surface area contributed by atoms with Crippen LogP contribution in [0, 0.1) is 0 Å². The molecule has 1 heterocycles. The van der Waals surface area contributed by atoms with Gasteiger partial charge >= 0.3 is 12.3 Å². The van der Waals surface area contributed by atoms with Crippen molar-refractivity contribution in [3.63, 3.8) is 0 Å². The Morgan fingerprint density at radius 2 is 1.84 bits per heavy atom. The summed E-state index contributed by atoms with van der Waals surface area (Å²) in [6, 6.07) is 8.54. The Bertz CT molecular complexity index is 1760. The number of aliphatic hydroxyl groups is 1. The minimum absolute atomic E-state index is 0.00362. The Labute approximate surface area is 300 Å². The van der Waals surface area contributed by atoms with Crippen LogP contribution >= 0.6 is 35.0 Å². The molecule has 0 saturated heterocycles. The van der Waals surface area contributed by atoms with Crippen molar-refractivity contribution in [3.05, 3.63) is 82.1 Å². The van der Waals surface area contributed by atoms with E-state index < -0.39 is 52.2 Å². The molecule has 3 rings (SSSR count). The van der Waals surface area contributed by atoms with E-state index >= 15 is 0 Å². The van der Waals surface area contributed by atoms with E-state index in [1.807, 2.05) is 13.0 Å². The zero-order valence-electron chi connectivity index (χ0n) is 27.2. The van der Waals surface area contributed by atoms with Crippen molar-refractivity contribution in [2.45, 2.75) is 85.6 Å². The minimum atomic E-state index is -4.91. The van der Waals surface area contributed by atoms with Gasteiger partial charge in [0.25, 0.3) is 5.95 Å². The standard InChI is InChI=1S/C35H37Cl2F3O9S/c1-3-10-25-28(15-14-23(21(2)41)32(25)44)47-18-9-7-5-4-6-8-11-30(26(42)16-17-34(36,37)35(38,39)40)50-22-12-13-24-27(43)20-31(49-33(45)46)48-29(24)19-22/h4,6,8,11-15,19-20,26,30,42,44H,3,5,7,9-10,16-18H2,1-2H3,(H,45,46)/b6-4-,11-8+/t26-,30+/m1/s1. The van der Waals surface area contributed by atoms with Crippen LogP contribution in [0.15, 0.2) is 74.8 Å². The fraction of sp³-hybridized carbons (Fsp3) is 0.400. The summed E-state index contributed by atoms with van der Waals surface area (Å²) in [5, 5.41) is 29.6. The van der Waals surface area contributed by atoms with Crippen molar-refractivity contribution >= 4 is 57.9 Å². The summed E-state index contributed by atoms with van der Waals surface area (Å²) >= 11 is 12.1. The highest BCUT2D eigenvalue weighted by molar-refractivity contribution is 8.00. The zero-order valence-corrected chi connectivity index (χ0v) is 29.5. The van der Waals surface area contributed by atoms with E-state index in [0.29, 0.717) is 42.1 Å². The molecule has 0 spiro atoms. The topological polar surface area (TPSA) is 144 Å². The number of carbonyl (C=O) groups is 2. The Morgan fingerprint density at radius 1 is 1.10 bits per heavy atom. The number of hydrogen-bond donors (Lipinski definition) is 3. The van der Waals surface area contributed by atoms with Crippen molar-refractivity contribution in [3.8, 4) is 17.4 Å². The van der Waals surface area contributed by atoms with Crippen LogP contribution in [-0.2, 0) is 6.42 Å². The monoisotopic (exact) mass is 760 g/mol. The van der Waals surface area contributed by atoms with Gasteiger partial charge in [0.2, 0.25) is 4.33 Å². The molecule has 0 amide bonds. The molecule has 2 aromatic carbocycles. The van der Waals surface area contributed by atoms with Gasteiger partial charge < -0.3 is 29.2 Å². The van der Waals surface area contributed by atoms with E-state index in [1.165, 1.54) is 19.1 Å². The number of hydrogen-bond acceptors (Lipinski definition) is 9. The maximum absolute atomic E-state index is 13.2. The first-order valence-corrected chi connectivity index (χ1v) is 17.3. The lowest BCUT2D eigenvalue weighted by atomic mass is 10.0. The lowest BCUT2D eigenvalue weighted by Crippen LogP contribution is -2.36. The third-order valence-electron chi connectivity index (χ3n) is 7.38. The number of carbonyl (C=O) groups excluding carboxylic acids is 1. The van der Waals surface area contributed by atoms with E-state index in [0.717, 1.165) is 30.7 Å². The lowest BCUT2D eigenvalue weighted by molar-refractivity contribution is -0.143. The Kier molecular flexibility index (Phi) is 15.1. The number of phenols is 1. The fourth-order valence-electron chi connectivity index (χ4n) is 4.78. The molecule has 0 aliphatic rings. The second-order valence-corrected chi connectivity index (χ2v) is 14.0. The van der Waals surface area contributed by atoms with Gasteiger partial charge in [0.1, 0.15) is 17.1 Å². The highest BCUT2D eigenvalue weighted by atomic mass is 35.5. The van der Waals surface area contributed by atoms with E-state index in [1.54, 1.807) is 36.4 Å². The summed E-state index contributed by atoms with van der Waals surface area (Å²) in [7, 11) is 0. The van der Waals surface area contributed by atoms with Crippen LogP contribution in [0.2, 0.25) is 0 Å². The van der Waals surface area contributed by atoms with Crippen LogP contribution in [0.1, 0.15) is 68.3 Å². The number of Topliss-reactive ketones (excluding diaryl/α,β-unsaturated/α-hetero) is 1. The van der Waals surface area contributed by atoms with Gasteiger partial charge in [0.15, 0.2) is 11.2 Å². The summed E-state index contributed by atoms with van der Waals surface area (Å²) in [6.45, 7) is 3.74. The van der Waals surface area contributed by atoms with Crippen molar-refractivity contribution in [2.24, 2.45) is 0 Å². The van der Waals surface area contributed by atoms with E-state index in [4.69, 9.17) is 37.5 Å². The van der Waals surface area contributed by atoms with Crippen LogP contribution in [-0.4, -0.2) is 55.7 Å². The molecule has 9 nitrogen and oxygen atoms in total. The second kappa shape index (κ2) is 18.5. The molecule has 0 bridgehead atoms. The first kappa shape index (κ1) is 40.8. The van der Waals surface area contributed by atoms with E-state index in [9.17, 15) is 37.8 Å². The van der Waals surface area contributed by atoms with Crippen molar-refractivity contribution < 1.29 is 52.0 Å². The molecule has 0 aliphatic carbocycles. The van der Waals surface area contributed by atoms with Crippen LogP contribution in [0.4, 0.5) is 18.0 Å². The number of phenolic OH excluding ortho intramolecular Hbond substituents is 1. The van der Waals surface area contributed by atoms with Crippen LogP contribution in [0.3, 0.4) is 0 Å². The third kappa shape index (κ3) is 11.7. The van der Waals surface area contributed by atoms with Gasteiger partial charge in [-0.05, 0) is 75.8 Å². The summed E-state index contributed by atoms with van der Waals surface area (Å²) in [6.07, 6.45) is 1.22. The molecule has 0 aliphatic heterocycles. The Hall–Kier alpha value is -3.65. The van der Waals surface area contributed by atoms with Gasteiger partial charge in [-0.3, -0.25) is 9.59 Å². The largest absolute Gasteiger partial charge is 0.513 e. The molecule has 0 unspecified atom stereocenters. The van der Waals surface area contributed by atoms with Gasteiger partial charge in [-0.2, -0.15) is 13.2 Å².